The lowest BCUT2D eigenvalue weighted by Crippen LogP contribution is -2.38. The van der Waals surface area contributed by atoms with Crippen LogP contribution in [-0.4, -0.2) is 23.8 Å². The Bertz CT molecular complexity index is 540. The zero-order valence-electron chi connectivity index (χ0n) is 12.8. The first kappa shape index (κ1) is 17.6. The van der Waals surface area contributed by atoms with E-state index < -0.39 is 17.9 Å². The van der Waals surface area contributed by atoms with Gasteiger partial charge in [-0.25, -0.2) is 0 Å². The highest BCUT2D eigenvalue weighted by Gasteiger charge is 2.16. The number of hydrogen-bond donors (Lipinski definition) is 4. The van der Waals surface area contributed by atoms with E-state index in [0.717, 1.165) is 0 Å². The van der Waals surface area contributed by atoms with E-state index in [4.69, 9.17) is 11.5 Å². The number of carbonyl (C=O) groups is 3. The molecular formula is C15H22N4O3. The van der Waals surface area contributed by atoms with Crippen LogP contribution in [0.2, 0.25) is 0 Å². The molecule has 120 valence electrons. The molecule has 0 fully saturated rings. The van der Waals surface area contributed by atoms with Crippen LogP contribution in [-0.2, 0) is 14.4 Å². The summed E-state index contributed by atoms with van der Waals surface area (Å²) in [6, 6.07) is 5.64. The Morgan fingerprint density at radius 1 is 1.00 bits per heavy atom. The van der Waals surface area contributed by atoms with Crippen LogP contribution in [0.5, 0.6) is 0 Å². The number of primary amides is 1. The molecule has 22 heavy (non-hydrogen) atoms. The maximum atomic E-state index is 11.7. The van der Waals surface area contributed by atoms with E-state index >= 15 is 0 Å². The second-order valence-corrected chi connectivity index (χ2v) is 5.49. The number of benzene rings is 1. The Kier molecular flexibility index (Phi) is 6.52. The van der Waals surface area contributed by atoms with Crippen LogP contribution in [0.25, 0.3) is 0 Å². The van der Waals surface area contributed by atoms with Crippen molar-refractivity contribution in [3.8, 4) is 0 Å². The summed E-state index contributed by atoms with van der Waals surface area (Å²) in [6.07, 6.45) is 0.232. The highest BCUT2D eigenvalue weighted by molar-refractivity contribution is 5.97. The van der Waals surface area contributed by atoms with Crippen LogP contribution in [0.1, 0.15) is 26.7 Å². The molecule has 0 radical (unpaired) electrons. The van der Waals surface area contributed by atoms with Gasteiger partial charge in [-0.3, -0.25) is 14.4 Å². The highest BCUT2D eigenvalue weighted by atomic mass is 16.2. The van der Waals surface area contributed by atoms with Crippen molar-refractivity contribution in [3.05, 3.63) is 24.3 Å². The lowest BCUT2D eigenvalue weighted by Gasteiger charge is -2.11. The van der Waals surface area contributed by atoms with E-state index in [1.807, 2.05) is 13.8 Å². The largest absolute Gasteiger partial charge is 0.370 e. The zero-order chi connectivity index (χ0) is 16.7. The Hall–Kier alpha value is -2.41. The fraction of sp³-hybridized carbons (Fsp3) is 0.400. The second-order valence-electron chi connectivity index (χ2n) is 5.49. The molecule has 0 spiro atoms. The molecule has 0 aliphatic heterocycles. The smallest absolute Gasteiger partial charge is 0.241 e. The fourth-order valence-corrected chi connectivity index (χ4v) is 1.76. The van der Waals surface area contributed by atoms with Crippen molar-refractivity contribution in [2.75, 3.05) is 10.6 Å². The molecule has 0 saturated heterocycles. The van der Waals surface area contributed by atoms with Crippen LogP contribution in [0.4, 0.5) is 11.4 Å². The van der Waals surface area contributed by atoms with Crippen molar-refractivity contribution in [3.63, 3.8) is 0 Å². The number of anilines is 2. The highest BCUT2D eigenvalue weighted by Crippen LogP contribution is 2.14. The summed E-state index contributed by atoms with van der Waals surface area (Å²) in [4.78, 5) is 34.1. The molecule has 6 N–H and O–H groups in total. The minimum Gasteiger partial charge on any atom is -0.370 e. The minimum atomic E-state index is -0.983. The fourth-order valence-electron chi connectivity index (χ4n) is 1.76. The lowest BCUT2D eigenvalue weighted by atomic mass is 10.1. The molecule has 1 aromatic rings. The summed E-state index contributed by atoms with van der Waals surface area (Å²) < 4.78 is 0. The molecule has 0 aliphatic carbocycles. The minimum absolute atomic E-state index is 0.0599. The van der Waals surface area contributed by atoms with Gasteiger partial charge in [0, 0.05) is 17.8 Å². The van der Waals surface area contributed by atoms with Crippen LogP contribution >= 0.6 is 0 Å². The van der Waals surface area contributed by atoms with E-state index in [1.165, 1.54) is 0 Å². The molecule has 1 unspecified atom stereocenters. The number of nitrogens with one attached hydrogen (secondary N) is 2. The van der Waals surface area contributed by atoms with Crippen LogP contribution in [0.15, 0.2) is 24.3 Å². The average molecular weight is 306 g/mol. The molecule has 1 aromatic carbocycles. The van der Waals surface area contributed by atoms with Gasteiger partial charge in [-0.05, 0) is 30.2 Å². The van der Waals surface area contributed by atoms with Crippen molar-refractivity contribution in [1.29, 1.82) is 0 Å². The van der Waals surface area contributed by atoms with Crippen LogP contribution in [0.3, 0.4) is 0 Å². The molecule has 0 heterocycles. The standard InChI is InChI=1S/C15H22N4O3/c1-9(2)7-14(21)18-10-3-5-11(6-4-10)19-15(22)12(16)8-13(17)20/h3-6,9,12H,7-8,16H2,1-2H3,(H2,17,20)(H,18,21)(H,19,22). The average Bonchev–Trinajstić information content (AvgIpc) is 2.39. The van der Waals surface area contributed by atoms with Crippen molar-refractivity contribution in [2.45, 2.75) is 32.7 Å². The third-order valence-electron chi connectivity index (χ3n) is 2.79. The molecule has 7 heteroatoms. The third kappa shape index (κ3) is 6.36. The van der Waals surface area contributed by atoms with E-state index in [0.29, 0.717) is 17.8 Å². The Morgan fingerprint density at radius 3 is 1.95 bits per heavy atom. The van der Waals surface area contributed by atoms with Gasteiger partial charge in [0.2, 0.25) is 17.7 Å². The van der Waals surface area contributed by atoms with Crippen molar-refractivity contribution >= 4 is 29.1 Å². The summed E-state index contributed by atoms with van der Waals surface area (Å²) in [7, 11) is 0. The van der Waals surface area contributed by atoms with Gasteiger partial charge in [0.1, 0.15) is 0 Å². The van der Waals surface area contributed by atoms with Gasteiger partial charge in [-0.15, -0.1) is 0 Å². The first-order valence-corrected chi connectivity index (χ1v) is 7.02. The molecule has 7 nitrogen and oxygen atoms in total. The van der Waals surface area contributed by atoms with E-state index in [1.54, 1.807) is 24.3 Å². The van der Waals surface area contributed by atoms with E-state index in [-0.39, 0.29) is 18.2 Å². The predicted molar refractivity (Wildman–Crippen MR) is 84.9 cm³/mol. The predicted octanol–water partition coefficient (Wildman–Crippen LogP) is 0.812. The maximum absolute atomic E-state index is 11.7. The summed E-state index contributed by atoms with van der Waals surface area (Å²) >= 11 is 0. The van der Waals surface area contributed by atoms with Crippen molar-refractivity contribution in [1.82, 2.24) is 0 Å². The summed E-state index contributed by atoms with van der Waals surface area (Å²) in [5.41, 5.74) is 11.7. The van der Waals surface area contributed by atoms with Crippen molar-refractivity contribution < 1.29 is 14.4 Å². The number of amides is 3. The van der Waals surface area contributed by atoms with Crippen molar-refractivity contribution in [2.24, 2.45) is 17.4 Å². The normalized spacial score (nSPS) is 11.8. The zero-order valence-corrected chi connectivity index (χ0v) is 12.8. The first-order valence-electron chi connectivity index (χ1n) is 7.02. The Balaban J connectivity index is 2.56. The quantitative estimate of drug-likeness (QED) is 0.594. The molecular weight excluding hydrogens is 284 g/mol. The maximum Gasteiger partial charge on any atom is 0.241 e. The van der Waals surface area contributed by atoms with E-state index in [9.17, 15) is 14.4 Å². The third-order valence-corrected chi connectivity index (χ3v) is 2.79. The molecule has 0 aliphatic rings. The Morgan fingerprint density at radius 2 is 1.50 bits per heavy atom. The van der Waals surface area contributed by atoms with Crippen LogP contribution < -0.4 is 22.1 Å². The molecule has 0 bridgehead atoms. The summed E-state index contributed by atoms with van der Waals surface area (Å²) in [5, 5.41) is 5.34. The van der Waals surface area contributed by atoms with Gasteiger partial charge in [-0.1, -0.05) is 13.8 Å². The van der Waals surface area contributed by atoms with E-state index in [2.05, 4.69) is 10.6 Å². The lowest BCUT2D eigenvalue weighted by molar-refractivity contribution is -0.123. The van der Waals surface area contributed by atoms with Gasteiger partial charge in [0.15, 0.2) is 0 Å². The SMILES string of the molecule is CC(C)CC(=O)Nc1ccc(NC(=O)C(N)CC(N)=O)cc1. The first-order chi connectivity index (χ1) is 10.3. The molecule has 0 aromatic heterocycles. The Labute approximate surface area is 129 Å². The van der Waals surface area contributed by atoms with Gasteiger partial charge in [0.25, 0.3) is 0 Å². The summed E-state index contributed by atoms with van der Waals surface area (Å²) in [6.45, 7) is 3.93. The van der Waals surface area contributed by atoms with Gasteiger partial charge in [0.05, 0.1) is 12.5 Å². The van der Waals surface area contributed by atoms with Gasteiger partial charge in [-0.2, -0.15) is 0 Å². The van der Waals surface area contributed by atoms with Gasteiger partial charge >= 0.3 is 0 Å². The molecule has 1 atom stereocenters. The summed E-state index contributed by atoms with van der Waals surface area (Å²) in [5.74, 6) is -0.901. The topological polar surface area (TPSA) is 127 Å². The molecule has 0 saturated carbocycles. The van der Waals surface area contributed by atoms with Crippen LogP contribution in [0, 0.1) is 5.92 Å². The number of carbonyl (C=O) groups excluding carboxylic acids is 3. The molecule has 1 rings (SSSR count). The number of hydrogen-bond acceptors (Lipinski definition) is 4. The number of nitrogens with two attached hydrogens (primary N) is 2. The molecule has 3 amide bonds. The second kappa shape index (κ2) is 8.14. The van der Waals surface area contributed by atoms with Gasteiger partial charge < -0.3 is 22.1 Å². The number of rotatable bonds is 7. The monoisotopic (exact) mass is 306 g/mol.